The molecule has 1 unspecified atom stereocenters. The molecule has 7 aliphatic rings. The Morgan fingerprint density at radius 3 is 1.26 bits per heavy atom. The predicted octanol–water partition coefficient (Wildman–Crippen LogP) is 33.6. The minimum absolute atomic E-state index is 0.0249. The van der Waals surface area contributed by atoms with Gasteiger partial charge in [0.1, 0.15) is 22.3 Å². The van der Waals surface area contributed by atoms with E-state index in [2.05, 4.69) is 366 Å². The van der Waals surface area contributed by atoms with Crippen molar-refractivity contribution in [1.82, 2.24) is 0 Å². The second kappa shape index (κ2) is 28.3. The Kier molecular flexibility index (Phi) is 17.1. The van der Waals surface area contributed by atoms with E-state index in [1.165, 1.54) is 288 Å². The summed E-state index contributed by atoms with van der Waals surface area (Å²) < 4.78 is 14.2. The van der Waals surface area contributed by atoms with Gasteiger partial charge in [-0.1, -0.05) is 360 Å². The van der Waals surface area contributed by atoms with E-state index in [-0.39, 0.29) is 22.2 Å². The van der Waals surface area contributed by atoms with E-state index in [4.69, 9.17) is 8.83 Å². The van der Waals surface area contributed by atoms with Crippen LogP contribution in [0.2, 0.25) is 0 Å². The van der Waals surface area contributed by atoms with Crippen LogP contribution in [-0.2, 0) is 39.9 Å². The Labute approximate surface area is 747 Å². The van der Waals surface area contributed by atoms with Crippen molar-refractivity contribution in [3.8, 4) is 100 Å². The highest BCUT2D eigenvalue weighted by atomic mass is 16.3. The Bertz CT molecular complexity index is 7610. The van der Waals surface area contributed by atoms with E-state index in [9.17, 15) is 0 Å². The second-order valence-corrected chi connectivity index (χ2v) is 39.9. The average molecular weight is 1640 g/mol. The molecule has 18 aromatic rings. The second-order valence-electron chi connectivity index (χ2n) is 39.9. The Morgan fingerprint density at radius 1 is 0.268 bits per heavy atom. The number of furan rings is 2. The van der Waals surface area contributed by atoms with Gasteiger partial charge < -0.3 is 8.83 Å². The fraction of sp³-hybridized carbons (Fsp3) is 0.232. The van der Waals surface area contributed by atoms with Crippen LogP contribution < -0.4 is 0 Å². The van der Waals surface area contributed by atoms with Gasteiger partial charge in [0.2, 0.25) is 0 Å². The summed E-state index contributed by atoms with van der Waals surface area (Å²) in [5, 5.41) is 4.72. The molecule has 0 saturated carbocycles. The minimum Gasteiger partial charge on any atom is -0.456 e. The molecule has 0 fully saturated rings. The van der Waals surface area contributed by atoms with Gasteiger partial charge in [0.25, 0.3) is 0 Å². The van der Waals surface area contributed by atoms with Crippen LogP contribution in [0, 0.1) is 20.8 Å². The van der Waals surface area contributed by atoms with Crippen molar-refractivity contribution in [2.75, 3.05) is 0 Å². The molecule has 25 rings (SSSR count). The first-order valence-electron chi connectivity index (χ1n) is 47.5. The monoisotopic (exact) mass is 1640 g/mol. The molecule has 0 amide bonds. The maximum atomic E-state index is 7.30. The number of hydrogen-bond donors (Lipinski definition) is 0. The smallest absolute Gasteiger partial charge is 0.143 e. The van der Waals surface area contributed by atoms with E-state index in [1.807, 2.05) is 0 Å². The van der Waals surface area contributed by atoms with Crippen molar-refractivity contribution in [3.63, 3.8) is 0 Å². The molecule has 0 radical (unpaired) electrons. The number of rotatable bonds is 19. The number of aryl methyl sites for hydroxylation is 3. The third-order valence-corrected chi connectivity index (χ3v) is 32.3. The quantitative estimate of drug-likeness (QED) is 0.0754. The molecule has 2 heteroatoms. The predicted molar refractivity (Wildman–Crippen MR) is 530 cm³/mol. The van der Waals surface area contributed by atoms with Crippen molar-refractivity contribution in [1.29, 1.82) is 0 Å². The first kappa shape index (κ1) is 76.5. The molecule has 127 heavy (non-hydrogen) atoms. The lowest BCUT2D eigenvalue weighted by Gasteiger charge is -2.33. The fourth-order valence-electron chi connectivity index (χ4n) is 26.9. The SMILES string of the molecule is CCCCCCCC1(CCCCCCC)c2ccccc2-c2ccc(-c3ccc4c(c3)C(C)(C)c3cc(-c5cc6c(c7c5oc5ccccc57)-c5ccc(CC(Cc7ccc8c(c7)C7(c9ccccc9-c9ccccc97)c7cc9c(cc7-8)C7(c8ccccc8-c8ccccc87)c7ccc8oc%10ccccc%10c8c7-9)c7c(C)cc(C)cc7C)cc5C6(C)C)ccc3-4)cc21. The maximum absolute atomic E-state index is 7.30. The van der Waals surface area contributed by atoms with Crippen LogP contribution in [0.5, 0.6) is 0 Å². The van der Waals surface area contributed by atoms with Crippen molar-refractivity contribution in [2.24, 2.45) is 0 Å². The van der Waals surface area contributed by atoms with Crippen LogP contribution in [0.4, 0.5) is 0 Å². The molecule has 0 aliphatic heterocycles. The number of unbranched alkanes of at least 4 members (excludes halogenated alkanes) is 8. The van der Waals surface area contributed by atoms with E-state index in [0.717, 1.165) is 46.1 Å². The zero-order valence-electron chi connectivity index (χ0n) is 74.7. The molecule has 2 aromatic heterocycles. The van der Waals surface area contributed by atoms with Gasteiger partial charge in [-0.15, -0.1) is 0 Å². The number of hydrogen-bond acceptors (Lipinski definition) is 2. The van der Waals surface area contributed by atoms with Gasteiger partial charge >= 0.3 is 0 Å². The van der Waals surface area contributed by atoms with E-state index < -0.39 is 10.8 Å². The summed E-state index contributed by atoms with van der Waals surface area (Å²) >= 11 is 0. The van der Waals surface area contributed by atoms with Gasteiger partial charge in [-0.2, -0.15) is 0 Å². The molecule has 2 spiro atoms. The lowest BCUT2D eigenvalue weighted by atomic mass is 9.68. The van der Waals surface area contributed by atoms with Crippen molar-refractivity contribution >= 4 is 43.9 Å². The van der Waals surface area contributed by atoms with Gasteiger partial charge in [-0.05, 0) is 307 Å². The highest BCUT2D eigenvalue weighted by Gasteiger charge is 2.57. The lowest BCUT2D eigenvalue weighted by Crippen LogP contribution is -2.27. The normalized spacial score (nSPS) is 15.5. The van der Waals surface area contributed by atoms with Gasteiger partial charge in [-0.25, -0.2) is 0 Å². The summed E-state index contributed by atoms with van der Waals surface area (Å²) in [7, 11) is 0. The van der Waals surface area contributed by atoms with Crippen LogP contribution in [0.25, 0.3) is 144 Å². The highest BCUT2D eigenvalue weighted by molar-refractivity contribution is 6.20. The Hall–Kier alpha value is -12.9. The molecule has 0 N–H and O–H groups in total. The van der Waals surface area contributed by atoms with Crippen LogP contribution in [0.3, 0.4) is 0 Å². The van der Waals surface area contributed by atoms with Crippen molar-refractivity contribution in [2.45, 2.75) is 185 Å². The standard InChI is InChI=1S/C125H106O2/c1-10-12-14-16-32-60-123(61-33-17-15-13-11-2)98-41-25-18-34-83(98)90-56-51-80(69-107(90)123)79-50-55-88-89-57-52-81(70-106(89)121(6,7)105(88)68-79)95-71-111-116(119-94-40-24-31-47-113(94)127-120(95)119)92-54-49-77(66-104(92)122(111,8)9)64-82(115-75(4)62-74(3)63-76(115)5)65-78-48-53-91-96-72-110-97(73-109(96)125(108(91)67-78)101-44-28-21-37-86(101)87-38-22-29-45-102(87)125)117-103(58-59-114-118(117)93-39-23-30-46-112(93)126-114)124(110)99-42-26-19-35-84(99)85-36-20-27-43-100(85)124/h18-31,34-59,62-63,66-73,82H,10-17,32-33,60-61,64-65H2,1-9H3. The van der Waals surface area contributed by atoms with Crippen molar-refractivity contribution in [3.05, 3.63) is 415 Å². The van der Waals surface area contributed by atoms with Crippen LogP contribution in [-0.4, -0.2) is 0 Å². The number of benzene rings is 16. The van der Waals surface area contributed by atoms with E-state index in [1.54, 1.807) is 11.1 Å². The third kappa shape index (κ3) is 10.7. The third-order valence-electron chi connectivity index (χ3n) is 32.3. The van der Waals surface area contributed by atoms with Crippen molar-refractivity contribution < 1.29 is 8.83 Å². The molecule has 1 atom stereocenters. The van der Waals surface area contributed by atoms with E-state index in [0.29, 0.717) is 0 Å². The molecule has 618 valence electrons. The molecule has 0 saturated heterocycles. The zero-order valence-corrected chi connectivity index (χ0v) is 74.7. The summed E-state index contributed by atoms with van der Waals surface area (Å²) in [6.07, 6.45) is 17.1. The topological polar surface area (TPSA) is 26.3 Å². The van der Waals surface area contributed by atoms with Crippen LogP contribution in [0.1, 0.15) is 236 Å². The largest absolute Gasteiger partial charge is 0.456 e. The number of para-hydroxylation sites is 2. The minimum atomic E-state index is -0.616. The van der Waals surface area contributed by atoms with Crippen LogP contribution >= 0.6 is 0 Å². The summed E-state index contributed by atoms with van der Waals surface area (Å²) in [6, 6.07) is 119. The summed E-state index contributed by atoms with van der Waals surface area (Å²) in [4.78, 5) is 0. The molecular formula is C125H106O2. The molecule has 7 aliphatic carbocycles. The maximum Gasteiger partial charge on any atom is 0.143 e. The van der Waals surface area contributed by atoms with Gasteiger partial charge in [-0.3, -0.25) is 0 Å². The number of fused-ring (bicyclic) bond motifs is 37. The summed E-state index contributed by atoms with van der Waals surface area (Å²) in [5.41, 5.74) is 53.1. The lowest BCUT2D eigenvalue weighted by molar-refractivity contribution is 0.399. The highest BCUT2D eigenvalue weighted by Crippen LogP contribution is 2.70. The summed E-state index contributed by atoms with van der Waals surface area (Å²) in [5.74, 6) is 0.154. The summed E-state index contributed by atoms with van der Waals surface area (Å²) in [6.45, 7) is 21.6. The molecule has 2 heterocycles. The van der Waals surface area contributed by atoms with Gasteiger partial charge in [0.15, 0.2) is 0 Å². The molecule has 16 aromatic carbocycles. The van der Waals surface area contributed by atoms with E-state index >= 15 is 0 Å². The average Bonchev–Trinajstić information content (AvgIpc) is 1.48. The fourth-order valence-corrected chi connectivity index (χ4v) is 26.9. The van der Waals surface area contributed by atoms with Gasteiger partial charge in [0.05, 0.1) is 10.8 Å². The zero-order chi connectivity index (χ0) is 85.3. The first-order valence-corrected chi connectivity index (χ1v) is 47.5. The Balaban J connectivity index is 0.587. The molecular weight excluding hydrogens is 1530 g/mol. The molecule has 0 bridgehead atoms. The van der Waals surface area contributed by atoms with Gasteiger partial charge in [0, 0.05) is 43.4 Å². The molecule has 2 nitrogen and oxygen atoms in total. The van der Waals surface area contributed by atoms with Crippen LogP contribution in [0.15, 0.2) is 312 Å². The first-order chi connectivity index (χ1) is 62.1. The Morgan fingerprint density at radius 2 is 0.669 bits per heavy atom.